The first-order valence-electron chi connectivity index (χ1n) is 6.36. The van der Waals surface area contributed by atoms with Crippen molar-refractivity contribution in [2.24, 2.45) is 0 Å². The van der Waals surface area contributed by atoms with Crippen molar-refractivity contribution >= 4 is 0 Å². The molecule has 2 aromatic rings. The van der Waals surface area contributed by atoms with Crippen LogP contribution in [0, 0.1) is 11.6 Å². The molecule has 0 aliphatic carbocycles. The van der Waals surface area contributed by atoms with Gasteiger partial charge in [-0.25, -0.2) is 8.78 Å². The van der Waals surface area contributed by atoms with Crippen molar-refractivity contribution in [1.82, 2.24) is 5.32 Å². The maximum atomic E-state index is 13.0. The molecule has 0 saturated heterocycles. The fourth-order valence-corrected chi connectivity index (χ4v) is 2.04. The van der Waals surface area contributed by atoms with Gasteiger partial charge < -0.3 is 5.32 Å². The molecule has 0 saturated carbocycles. The fourth-order valence-electron chi connectivity index (χ4n) is 2.04. The number of nitrogens with one attached hydrogen (secondary N) is 1. The van der Waals surface area contributed by atoms with Crippen molar-refractivity contribution in [1.29, 1.82) is 0 Å². The molecular formula is C16H17F2N. The van der Waals surface area contributed by atoms with Gasteiger partial charge in [0.15, 0.2) is 0 Å². The Morgan fingerprint density at radius 2 is 1.58 bits per heavy atom. The summed E-state index contributed by atoms with van der Waals surface area (Å²) in [6.45, 7) is 2.52. The average Bonchev–Trinajstić information content (AvgIpc) is 2.36. The van der Waals surface area contributed by atoms with Gasteiger partial charge in [-0.2, -0.15) is 0 Å². The van der Waals surface area contributed by atoms with Crippen LogP contribution in [0.25, 0.3) is 0 Å². The van der Waals surface area contributed by atoms with Gasteiger partial charge in [0, 0.05) is 18.7 Å². The fraction of sp³-hybridized carbons (Fsp3) is 0.250. The van der Waals surface area contributed by atoms with Crippen molar-refractivity contribution in [3.63, 3.8) is 0 Å². The van der Waals surface area contributed by atoms with Gasteiger partial charge in [-0.3, -0.25) is 0 Å². The Morgan fingerprint density at radius 1 is 0.947 bits per heavy atom. The topological polar surface area (TPSA) is 12.0 Å². The molecule has 1 unspecified atom stereocenters. The van der Waals surface area contributed by atoms with E-state index >= 15 is 0 Å². The second-order valence-electron chi connectivity index (χ2n) is 4.75. The van der Waals surface area contributed by atoms with E-state index in [-0.39, 0.29) is 6.04 Å². The molecule has 1 atom stereocenters. The lowest BCUT2D eigenvalue weighted by Gasteiger charge is -2.14. The smallest absolute Gasteiger partial charge is 0.126 e. The van der Waals surface area contributed by atoms with Crippen molar-refractivity contribution in [3.8, 4) is 0 Å². The monoisotopic (exact) mass is 261 g/mol. The molecule has 2 rings (SSSR count). The lowest BCUT2D eigenvalue weighted by Crippen LogP contribution is -2.27. The van der Waals surface area contributed by atoms with Gasteiger partial charge in [0.1, 0.15) is 11.6 Å². The van der Waals surface area contributed by atoms with E-state index in [1.807, 2.05) is 18.2 Å². The number of hydrogen-bond donors (Lipinski definition) is 1. The van der Waals surface area contributed by atoms with E-state index in [1.165, 1.54) is 17.7 Å². The highest BCUT2D eigenvalue weighted by Crippen LogP contribution is 2.09. The van der Waals surface area contributed by atoms with Crippen molar-refractivity contribution in [3.05, 3.63) is 71.3 Å². The Balaban J connectivity index is 1.88. The van der Waals surface area contributed by atoms with Crippen LogP contribution < -0.4 is 5.32 Å². The van der Waals surface area contributed by atoms with Crippen LogP contribution >= 0.6 is 0 Å². The SMILES string of the molecule is CC(Cc1ccccc1)NCc1cc(F)cc(F)c1. The molecule has 0 amide bonds. The summed E-state index contributed by atoms with van der Waals surface area (Å²) in [6.07, 6.45) is 0.888. The minimum atomic E-state index is -0.535. The summed E-state index contributed by atoms with van der Waals surface area (Å²) >= 11 is 0. The second kappa shape index (κ2) is 6.43. The summed E-state index contributed by atoms with van der Waals surface area (Å²) in [6, 6.07) is 14.0. The van der Waals surface area contributed by atoms with Crippen LogP contribution in [0.3, 0.4) is 0 Å². The highest BCUT2D eigenvalue weighted by atomic mass is 19.1. The van der Waals surface area contributed by atoms with E-state index in [9.17, 15) is 8.78 Å². The van der Waals surface area contributed by atoms with Crippen LogP contribution in [0.5, 0.6) is 0 Å². The molecule has 0 fully saturated rings. The third kappa shape index (κ3) is 4.45. The molecule has 0 heterocycles. The molecule has 0 radical (unpaired) electrons. The largest absolute Gasteiger partial charge is 0.310 e. The second-order valence-corrected chi connectivity index (χ2v) is 4.75. The average molecular weight is 261 g/mol. The lowest BCUT2D eigenvalue weighted by atomic mass is 10.1. The van der Waals surface area contributed by atoms with Crippen LogP contribution in [-0.4, -0.2) is 6.04 Å². The van der Waals surface area contributed by atoms with E-state index in [0.29, 0.717) is 12.1 Å². The zero-order chi connectivity index (χ0) is 13.7. The van der Waals surface area contributed by atoms with Gasteiger partial charge in [0.2, 0.25) is 0 Å². The van der Waals surface area contributed by atoms with Crippen LogP contribution in [-0.2, 0) is 13.0 Å². The van der Waals surface area contributed by atoms with Crippen molar-refractivity contribution in [2.75, 3.05) is 0 Å². The molecular weight excluding hydrogens is 244 g/mol. The Morgan fingerprint density at radius 3 is 2.21 bits per heavy atom. The van der Waals surface area contributed by atoms with Crippen LogP contribution in [0.2, 0.25) is 0 Å². The zero-order valence-corrected chi connectivity index (χ0v) is 10.9. The van der Waals surface area contributed by atoms with Gasteiger partial charge in [-0.1, -0.05) is 30.3 Å². The molecule has 0 aromatic heterocycles. The number of hydrogen-bond acceptors (Lipinski definition) is 1. The highest BCUT2D eigenvalue weighted by molar-refractivity contribution is 5.18. The Labute approximate surface area is 112 Å². The molecule has 0 aliphatic heterocycles. The Bertz CT molecular complexity index is 505. The van der Waals surface area contributed by atoms with Crippen molar-refractivity contribution in [2.45, 2.75) is 25.9 Å². The number of rotatable bonds is 5. The maximum absolute atomic E-state index is 13.0. The quantitative estimate of drug-likeness (QED) is 0.865. The minimum Gasteiger partial charge on any atom is -0.310 e. The zero-order valence-electron chi connectivity index (χ0n) is 10.9. The normalized spacial score (nSPS) is 12.4. The first kappa shape index (κ1) is 13.7. The minimum absolute atomic E-state index is 0.244. The lowest BCUT2D eigenvalue weighted by molar-refractivity contribution is 0.535. The summed E-state index contributed by atoms with van der Waals surface area (Å²) in [5, 5.41) is 3.27. The summed E-state index contributed by atoms with van der Waals surface area (Å²) in [5.41, 5.74) is 1.87. The van der Waals surface area contributed by atoms with E-state index in [2.05, 4.69) is 24.4 Å². The first-order valence-corrected chi connectivity index (χ1v) is 6.36. The highest BCUT2D eigenvalue weighted by Gasteiger charge is 2.05. The Hall–Kier alpha value is -1.74. The van der Waals surface area contributed by atoms with Gasteiger partial charge in [0.25, 0.3) is 0 Å². The summed E-state index contributed by atoms with van der Waals surface area (Å²) < 4.78 is 26.1. The predicted octanol–water partition coefficient (Wildman–Crippen LogP) is 3.69. The van der Waals surface area contributed by atoms with E-state index in [4.69, 9.17) is 0 Å². The first-order chi connectivity index (χ1) is 9.13. The molecule has 2 aromatic carbocycles. The third-order valence-electron chi connectivity index (χ3n) is 2.96. The van der Waals surface area contributed by atoms with Crippen LogP contribution in [0.4, 0.5) is 8.78 Å². The van der Waals surface area contributed by atoms with Gasteiger partial charge in [0.05, 0.1) is 0 Å². The van der Waals surface area contributed by atoms with E-state index in [0.717, 1.165) is 12.5 Å². The third-order valence-corrected chi connectivity index (χ3v) is 2.96. The molecule has 1 nitrogen and oxygen atoms in total. The van der Waals surface area contributed by atoms with E-state index in [1.54, 1.807) is 0 Å². The molecule has 0 bridgehead atoms. The molecule has 100 valence electrons. The standard InChI is InChI=1S/C16H17F2N/c1-12(7-13-5-3-2-4-6-13)19-11-14-8-15(17)10-16(18)9-14/h2-6,8-10,12,19H,7,11H2,1H3. The van der Waals surface area contributed by atoms with Gasteiger partial charge in [-0.15, -0.1) is 0 Å². The van der Waals surface area contributed by atoms with Crippen LogP contribution in [0.1, 0.15) is 18.1 Å². The number of halogens is 2. The molecule has 1 N–H and O–H groups in total. The van der Waals surface area contributed by atoms with Crippen molar-refractivity contribution < 1.29 is 8.78 Å². The summed E-state index contributed by atoms with van der Waals surface area (Å²) in [5.74, 6) is -1.07. The molecule has 19 heavy (non-hydrogen) atoms. The van der Waals surface area contributed by atoms with E-state index < -0.39 is 11.6 Å². The molecule has 0 aliphatic rings. The van der Waals surface area contributed by atoms with Gasteiger partial charge >= 0.3 is 0 Å². The predicted molar refractivity (Wildman–Crippen MR) is 72.8 cm³/mol. The summed E-state index contributed by atoms with van der Waals surface area (Å²) in [7, 11) is 0. The number of benzene rings is 2. The summed E-state index contributed by atoms with van der Waals surface area (Å²) in [4.78, 5) is 0. The molecule has 3 heteroatoms. The maximum Gasteiger partial charge on any atom is 0.126 e. The Kier molecular flexibility index (Phi) is 4.63. The molecule has 0 spiro atoms. The van der Waals surface area contributed by atoms with Gasteiger partial charge in [-0.05, 0) is 36.6 Å². The van der Waals surface area contributed by atoms with Crippen LogP contribution in [0.15, 0.2) is 48.5 Å².